The Balaban J connectivity index is 1.53. The Morgan fingerprint density at radius 1 is 0.972 bits per heavy atom. The van der Waals surface area contributed by atoms with Crippen molar-refractivity contribution in [3.63, 3.8) is 0 Å². The van der Waals surface area contributed by atoms with Crippen molar-refractivity contribution >= 4 is 17.5 Å². The third-order valence-electron chi connectivity index (χ3n) is 6.30. The lowest BCUT2D eigenvalue weighted by atomic mass is 10.0. The Hall–Kier alpha value is -3.62. The minimum absolute atomic E-state index is 0.236. The number of hydrogen-bond acceptors (Lipinski definition) is 4. The van der Waals surface area contributed by atoms with Crippen LogP contribution in [0.5, 0.6) is 0 Å². The van der Waals surface area contributed by atoms with Gasteiger partial charge in [0, 0.05) is 43.9 Å². The summed E-state index contributed by atoms with van der Waals surface area (Å²) >= 11 is 0. The topological polar surface area (TPSA) is 61.4 Å². The van der Waals surface area contributed by atoms with Gasteiger partial charge < -0.3 is 15.1 Å². The molecule has 1 fully saturated rings. The fourth-order valence-corrected chi connectivity index (χ4v) is 4.54. The highest BCUT2D eigenvalue weighted by molar-refractivity contribution is 5.90. The summed E-state index contributed by atoms with van der Waals surface area (Å²) in [5.41, 5.74) is 2.15. The second-order valence-electron chi connectivity index (χ2n) is 8.84. The average Bonchev–Trinajstić information content (AvgIpc) is 3.11. The van der Waals surface area contributed by atoms with E-state index in [2.05, 4.69) is 34.3 Å². The van der Waals surface area contributed by atoms with Gasteiger partial charge >= 0.3 is 12.2 Å². The van der Waals surface area contributed by atoms with Gasteiger partial charge in [0.1, 0.15) is 11.6 Å². The molecule has 1 aromatic heterocycles. The summed E-state index contributed by atoms with van der Waals surface area (Å²) in [6.45, 7) is 5.97. The number of benzene rings is 2. The molecule has 1 N–H and O–H groups in total. The third kappa shape index (κ3) is 5.95. The number of carbonyl (C=O) groups is 1. The van der Waals surface area contributed by atoms with Gasteiger partial charge in [0.05, 0.1) is 11.3 Å². The van der Waals surface area contributed by atoms with Crippen molar-refractivity contribution in [2.45, 2.75) is 39.3 Å². The van der Waals surface area contributed by atoms with E-state index < -0.39 is 17.8 Å². The molecule has 2 heterocycles. The van der Waals surface area contributed by atoms with Crippen LogP contribution < -0.4 is 10.2 Å². The van der Waals surface area contributed by atoms with E-state index in [9.17, 15) is 18.0 Å². The van der Waals surface area contributed by atoms with Crippen LogP contribution in [0.1, 0.15) is 41.6 Å². The Bertz CT molecular complexity index is 1200. The summed E-state index contributed by atoms with van der Waals surface area (Å²) in [7, 11) is 0. The summed E-state index contributed by atoms with van der Waals surface area (Å²) in [6, 6.07) is 14.7. The molecule has 0 unspecified atom stereocenters. The normalized spacial score (nSPS) is 14.5. The van der Waals surface area contributed by atoms with E-state index in [-0.39, 0.29) is 5.69 Å². The fourth-order valence-electron chi connectivity index (χ4n) is 4.54. The maximum Gasteiger partial charge on any atom is 0.418 e. The van der Waals surface area contributed by atoms with Gasteiger partial charge in [-0.25, -0.2) is 14.8 Å². The number of anilines is 2. The van der Waals surface area contributed by atoms with Gasteiger partial charge in [-0.2, -0.15) is 13.2 Å². The highest BCUT2D eigenvalue weighted by atomic mass is 19.4. The molecule has 3 aromatic rings. The second-order valence-corrected chi connectivity index (χ2v) is 8.84. The summed E-state index contributed by atoms with van der Waals surface area (Å²) in [5.74, 6) is 1.56. The van der Waals surface area contributed by atoms with Gasteiger partial charge in [0.2, 0.25) is 0 Å². The molecule has 0 spiro atoms. The van der Waals surface area contributed by atoms with Gasteiger partial charge in [-0.05, 0) is 37.5 Å². The van der Waals surface area contributed by atoms with E-state index >= 15 is 0 Å². The number of carbonyl (C=O) groups excluding carboxylic acids is 1. The zero-order chi connectivity index (χ0) is 25.7. The van der Waals surface area contributed by atoms with E-state index in [4.69, 9.17) is 4.98 Å². The van der Waals surface area contributed by atoms with Crippen molar-refractivity contribution in [2.24, 2.45) is 0 Å². The SMILES string of the molecule is CCc1nc(C)nc(N2CCCN(C(=O)Nc3ccccc3C(F)(F)F)CC2)c1Cc1ccccc1. The fraction of sp³-hybridized carbons (Fsp3) is 0.370. The van der Waals surface area contributed by atoms with Crippen LogP contribution in [-0.2, 0) is 19.0 Å². The number of aromatic nitrogens is 2. The molecule has 9 heteroatoms. The molecule has 2 aromatic carbocycles. The number of alkyl halides is 3. The quantitative estimate of drug-likeness (QED) is 0.491. The van der Waals surface area contributed by atoms with Crippen LogP contribution in [-0.4, -0.2) is 47.1 Å². The molecule has 0 aliphatic carbocycles. The molecule has 36 heavy (non-hydrogen) atoms. The first-order valence-electron chi connectivity index (χ1n) is 12.1. The zero-order valence-electron chi connectivity index (χ0n) is 20.5. The maximum absolute atomic E-state index is 13.3. The van der Waals surface area contributed by atoms with Gasteiger partial charge in [0.15, 0.2) is 0 Å². The molecule has 4 rings (SSSR count). The van der Waals surface area contributed by atoms with E-state index in [1.165, 1.54) is 23.8 Å². The molecule has 190 valence electrons. The van der Waals surface area contributed by atoms with E-state index in [1.807, 2.05) is 25.1 Å². The number of nitrogens with zero attached hydrogens (tertiary/aromatic N) is 4. The van der Waals surface area contributed by atoms with Gasteiger partial charge in [-0.15, -0.1) is 0 Å². The van der Waals surface area contributed by atoms with Crippen molar-refractivity contribution < 1.29 is 18.0 Å². The van der Waals surface area contributed by atoms with E-state index in [0.29, 0.717) is 44.8 Å². The number of nitrogens with one attached hydrogen (secondary N) is 1. The average molecular weight is 498 g/mol. The molecule has 0 atom stereocenters. The minimum atomic E-state index is -4.55. The van der Waals surface area contributed by atoms with Crippen molar-refractivity contribution in [1.82, 2.24) is 14.9 Å². The number of urea groups is 1. The van der Waals surface area contributed by atoms with Crippen LogP contribution in [0, 0.1) is 6.92 Å². The van der Waals surface area contributed by atoms with Crippen molar-refractivity contribution in [3.8, 4) is 0 Å². The van der Waals surface area contributed by atoms with Crippen LogP contribution in [0.15, 0.2) is 54.6 Å². The molecule has 1 aliphatic rings. The third-order valence-corrected chi connectivity index (χ3v) is 6.30. The lowest BCUT2D eigenvalue weighted by molar-refractivity contribution is -0.136. The number of rotatable bonds is 5. The van der Waals surface area contributed by atoms with Crippen LogP contribution in [0.2, 0.25) is 0 Å². The monoisotopic (exact) mass is 497 g/mol. The van der Waals surface area contributed by atoms with Gasteiger partial charge in [-0.3, -0.25) is 0 Å². The predicted octanol–water partition coefficient (Wildman–Crippen LogP) is 5.70. The van der Waals surface area contributed by atoms with Crippen molar-refractivity contribution in [1.29, 1.82) is 0 Å². The van der Waals surface area contributed by atoms with E-state index in [0.717, 1.165) is 29.6 Å². The van der Waals surface area contributed by atoms with Crippen LogP contribution in [0.3, 0.4) is 0 Å². The molecule has 0 saturated carbocycles. The first kappa shape index (κ1) is 25.5. The number of amides is 2. The van der Waals surface area contributed by atoms with Crippen molar-refractivity contribution in [2.75, 3.05) is 36.4 Å². The largest absolute Gasteiger partial charge is 0.418 e. The first-order valence-corrected chi connectivity index (χ1v) is 12.1. The molecule has 0 bridgehead atoms. The van der Waals surface area contributed by atoms with Crippen molar-refractivity contribution in [3.05, 3.63) is 82.8 Å². The van der Waals surface area contributed by atoms with Crippen LogP contribution in [0.25, 0.3) is 0 Å². The Labute approximate surface area is 209 Å². The molecule has 1 aliphatic heterocycles. The highest BCUT2D eigenvalue weighted by Gasteiger charge is 2.34. The highest BCUT2D eigenvalue weighted by Crippen LogP contribution is 2.34. The van der Waals surface area contributed by atoms with Crippen LogP contribution >= 0.6 is 0 Å². The maximum atomic E-state index is 13.3. The molecule has 2 amide bonds. The molecular weight excluding hydrogens is 467 g/mol. The Morgan fingerprint density at radius 3 is 2.42 bits per heavy atom. The second kappa shape index (κ2) is 11.0. The lowest BCUT2D eigenvalue weighted by Crippen LogP contribution is -2.38. The number of hydrogen-bond donors (Lipinski definition) is 1. The standard InChI is InChI=1S/C27H30F3N5O/c1-3-23-21(18-20-10-5-4-6-11-20)25(32-19(2)31-23)34-14-9-15-35(17-16-34)26(36)33-24-13-8-7-12-22(24)27(28,29)30/h4-8,10-13H,3,9,14-18H2,1-2H3,(H,33,36). The summed E-state index contributed by atoms with van der Waals surface area (Å²) in [4.78, 5) is 26.1. The van der Waals surface area contributed by atoms with Gasteiger partial charge in [0.25, 0.3) is 0 Å². The molecule has 6 nitrogen and oxygen atoms in total. The minimum Gasteiger partial charge on any atom is -0.354 e. The molecule has 1 saturated heterocycles. The number of para-hydroxylation sites is 1. The first-order chi connectivity index (χ1) is 17.3. The predicted molar refractivity (Wildman–Crippen MR) is 134 cm³/mol. The molecular formula is C27H30F3N5O. The number of halogens is 3. The lowest BCUT2D eigenvalue weighted by Gasteiger charge is -2.26. The summed E-state index contributed by atoms with van der Waals surface area (Å²) < 4.78 is 40.0. The summed E-state index contributed by atoms with van der Waals surface area (Å²) in [6.07, 6.45) is -2.39. The van der Waals surface area contributed by atoms with Crippen LogP contribution in [0.4, 0.5) is 29.5 Å². The Kier molecular flexibility index (Phi) is 7.76. The summed E-state index contributed by atoms with van der Waals surface area (Å²) in [5, 5.41) is 2.46. The zero-order valence-corrected chi connectivity index (χ0v) is 20.5. The smallest absolute Gasteiger partial charge is 0.354 e. The Morgan fingerprint density at radius 2 is 1.69 bits per heavy atom. The van der Waals surface area contributed by atoms with Gasteiger partial charge in [-0.1, -0.05) is 49.4 Å². The molecule has 0 radical (unpaired) electrons. The number of aryl methyl sites for hydroxylation is 2. The van der Waals surface area contributed by atoms with E-state index in [1.54, 1.807) is 4.90 Å².